The molecule has 2 aromatic rings. The smallest absolute Gasteiger partial charge is 0.297 e. The van der Waals surface area contributed by atoms with Gasteiger partial charge in [-0.15, -0.1) is 0 Å². The molecule has 1 aromatic carbocycles. The molecule has 0 spiro atoms. The van der Waals surface area contributed by atoms with Crippen LogP contribution in [0.5, 0.6) is 5.75 Å². The van der Waals surface area contributed by atoms with E-state index in [1.54, 1.807) is 13.3 Å². The first-order valence-electron chi connectivity index (χ1n) is 6.73. The van der Waals surface area contributed by atoms with Crippen molar-refractivity contribution in [1.29, 1.82) is 0 Å². The van der Waals surface area contributed by atoms with Gasteiger partial charge in [-0.3, -0.25) is 9.89 Å². The molecular formula is C15H18N4O2S. The third-order valence-corrected chi connectivity index (χ3v) is 3.26. The SMILES string of the molecule is COc1ccc(/C=N/n2c(=S)[nH]nc(C(C)(C)C)c2=O)cc1. The lowest BCUT2D eigenvalue weighted by atomic mass is 9.93. The number of aromatic amines is 1. The van der Waals surface area contributed by atoms with Gasteiger partial charge in [0.05, 0.1) is 13.3 Å². The average molecular weight is 318 g/mol. The molecule has 0 amide bonds. The van der Waals surface area contributed by atoms with E-state index in [4.69, 9.17) is 17.0 Å². The summed E-state index contributed by atoms with van der Waals surface area (Å²) in [6.07, 6.45) is 1.57. The molecule has 0 aliphatic carbocycles. The van der Waals surface area contributed by atoms with Gasteiger partial charge in [0.1, 0.15) is 11.4 Å². The van der Waals surface area contributed by atoms with Crippen LogP contribution in [0.2, 0.25) is 0 Å². The van der Waals surface area contributed by atoms with E-state index in [1.165, 1.54) is 0 Å². The summed E-state index contributed by atoms with van der Waals surface area (Å²) in [5, 5.41) is 10.9. The number of nitrogens with zero attached hydrogens (tertiary/aromatic N) is 3. The fourth-order valence-corrected chi connectivity index (χ4v) is 1.97. The van der Waals surface area contributed by atoms with Crippen molar-refractivity contribution in [3.63, 3.8) is 0 Å². The molecule has 116 valence electrons. The maximum Gasteiger partial charge on any atom is 0.297 e. The molecule has 0 saturated heterocycles. The van der Waals surface area contributed by atoms with Gasteiger partial charge in [0.2, 0.25) is 4.77 Å². The first-order valence-corrected chi connectivity index (χ1v) is 7.14. The van der Waals surface area contributed by atoms with Gasteiger partial charge in [-0.2, -0.15) is 14.9 Å². The predicted octanol–water partition coefficient (Wildman–Crippen LogP) is 2.49. The van der Waals surface area contributed by atoms with Gasteiger partial charge >= 0.3 is 0 Å². The highest BCUT2D eigenvalue weighted by Crippen LogP contribution is 2.15. The molecule has 0 atom stereocenters. The van der Waals surface area contributed by atoms with Gasteiger partial charge in [0.25, 0.3) is 5.56 Å². The molecule has 0 unspecified atom stereocenters. The van der Waals surface area contributed by atoms with E-state index in [-0.39, 0.29) is 10.3 Å². The van der Waals surface area contributed by atoms with E-state index >= 15 is 0 Å². The topological polar surface area (TPSA) is 72.3 Å². The van der Waals surface area contributed by atoms with E-state index in [1.807, 2.05) is 45.0 Å². The van der Waals surface area contributed by atoms with Crippen LogP contribution in [0.15, 0.2) is 34.2 Å². The van der Waals surface area contributed by atoms with Crippen molar-refractivity contribution in [2.24, 2.45) is 5.10 Å². The van der Waals surface area contributed by atoms with E-state index in [9.17, 15) is 4.79 Å². The van der Waals surface area contributed by atoms with Crippen LogP contribution < -0.4 is 10.3 Å². The molecule has 1 aromatic heterocycles. The molecule has 0 radical (unpaired) electrons. The van der Waals surface area contributed by atoms with Gasteiger partial charge in [-0.05, 0) is 42.0 Å². The second kappa shape index (κ2) is 6.23. The van der Waals surface area contributed by atoms with Crippen molar-refractivity contribution in [2.45, 2.75) is 26.2 Å². The van der Waals surface area contributed by atoms with Crippen molar-refractivity contribution in [1.82, 2.24) is 14.9 Å². The molecule has 0 saturated carbocycles. The van der Waals surface area contributed by atoms with Crippen LogP contribution in [0.4, 0.5) is 0 Å². The Bertz CT molecular complexity index is 798. The minimum atomic E-state index is -0.395. The normalized spacial score (nSPS) is 11.8. The first kappa shape index (κ1) is 16.1. The van der Waals surface area contributed by atoms with Crippen LogP contribution in [0.1, 0.15) is 32.0 Å². The number of ether oxygens (including phenoxy) is 1. The van der Waals surface area contributed by atoms with Gasteiger partial charge in [0.15, 0.2) is 0 Å². The Morgan fingerprint density at radius 2 is 1.95 bits per heavy atom. The lowest BCUT2D eigenvalue weighted by Crippen LogP contribution is -2.32. The summed E-state index contributed by atoms with van der Waals surface area (Å²) in [6.45, 7) is 5.72. The fraction of sp³-hybridized carbons (Fsp3) is 0.333. The third-order valence-electron chi connectivity index (χ3n) is 3.00. The fourth-order valence-electron chi connectivity index (χ4n) is 1.80. The summed E-state index contributed by atoms with van der Waals surface area (Å²) >= 11 is 5.09. The summed E-state index contributed by atoms with van der Waals surface area (Å²) in [5.74, 6) is 0.755. The van der Waals surface area contributed by atoms with Crippen molar-refractivity contribution >= 4 is 18.4 Å². The Balaban J connectivity index is 2.42. The van der Waals surface area contributed by atoms with Crippen LogP contribution in [0, 0.1) is 4.77 Å². The monoisotopic (exact) mass is 318 g/mol. The molecule has 2 rings (SSSR count). The van der Waals surface area contributed by atoms with Crippen molar-refractivity contribution in [2.75, 3.05) is 7.11 Å². The maximum atomic E-state index is 12.4. The van der Waals surface area contributed by atoms with E-state index in [0.29, 0.717) is 5.69 Å². The second-order valence-electron chi connectivity index (χ2n) is 5.76. The molecular weight excluding hydrogens is 300 g/mol. The number of nitrogens with one attached hydrogen (secondary N) is 1. The number of methoxy groups -OCH3 is 1. The number of benzene rings is 1. The molecule has 0 aliphatic heterocycles. The Hall–Kier alpha value is -2.28. The summed E-state index contributed by atoms with van der Waals surface area (Å²) < 4.78 is 6.40. The van der Waals surface area contributed by atoms with Crippen LogP contribution in [0.25, 0.3) is 0 Å². The molecule has 1 heterocycles. The largest absolute Gasteiger partial charge is 0.497 e. The van der Waals surface area contributed by atoms with E-state index < -0.39 is 5.41 Å². The summed E-state index contributed by atoms with van der Waals surface area (Å²) in [4.78, 5) is 12.4. The molecule has 1 N–H and O–H groups in total. The molecule has 7 heteroatoms. The Morgan fingerprint density at radius 1 is 1.32 bits per heavy atom. The Kier molecular flexibility index (Phi) is 4.56. The van der Waals surface area contributed by atoms with Crippen LogP contribution in [-0.2, 0) is 5.41 Å². The zero-order valence-electron chi connectivity index (χ0n) is 13.0. The third kappa shape index (κ3) is 3.48. The molecule has 0 bridgehead atoms. The summed E-state index contributed by atoms with van der Waals surface area (Å²) in [7, 11) is 1.60. The van der Waals surface area contributed by atoms with Crippen LogP contribution in [0.3, 0.4) is 0 Å². The van der Waals surface area contributed by atoms with Crippen molar-refractivity contribution in [3.8, 4) is 5.75 Å². The Labute approximate surface area is 133 Å². The van der Waals surface area contributed by atoms with E-state index in [2.05, 4.69) is 15.3 Å². The quantitative estimate of drug-likeness (QED) is 0.697. The zero-order chi connectivity index (χ0) is 16.3. The highest BCUT2D eigenvalue weighted by molar-refractivity contribution is 7.71. The first-order chi connectivity index (χ1) is 10.3. The van der Waals surface area contributed by atoms with Gasteiger partial charge < -0.3 is 4.74 Å². The number of aromatic nitrogens is 3. The highest BCUT2D eigenvalue weighted by Gasteiger charge is 2.21. The van der Waals surface area contributed by atoms with Crippen LogP contribution >= 0.6 is 12.2 Å². The lowest BCUT2D eigenvalue weighted by molar-refractivity contribution is 0.415. The molecule has 6 nitrogen and oxygen atoms in total. The Morgan fingerprint density at radius 3 is 2.50 bits per heavy atom. The zero-order valence-corrected chi connectivity index (χ0v) is 13.8. The van der Waals surface area contributed by atoms with Crippen LogP contribution in [-0.4, -0.2) is 28.2 Å². The maximum absolute atomic E-state index is 12.4. The number of H-pyrrole nitrogens is 1. The van der Waals surface area contributed by atoms with Gasteiger partial charge in [-0.1, -0.05) is 20.8 Å². The number of hydrogen-bond acceptors (Lipinski definition) is 5. The molecule has 0 aliphatic rings. The molecule has 22 heavy (non-hydrogen) atoms. The molecule has 0 fully saturated rings. The predicted molar refractivity (Wildman–Crippen MR) is 88.4 cm³/mol. The number of hydrogen-bond donors (Lipinski definition) is 1. The lowest BCUT2D eigenvalue weighted by Gasteiger charge is -2.16. The highest BCUT2D eigenvalue weighted by atomic mass is 32.1. The minimum absolute atomic E-state index is 0.155. The van der Waals surface area contributed by atoms with E-state index in [0.717, 1.165) is 16.0 Å². The van der Waals surface area contributed by atoms with Gasteiger partial charge in [-0.25, -0.2) is 0 Å². The minimum Gasteiger partial charge on any atom is -0.497 e. The average Bonchev–Trinajstić information content (AvgIpc) is 2.46. The van der Waals surface area contributed by atoms with Crippen molar-refractivity contribution < 1.29 is 4.74 Å². The van der Waals surface area contributed by atoms with Crippen molar-refractivity contribution in [3.05, 3.63) is 50.6 Å². The standard InChI is InChI=1S/C15H18N4O2S/c1-15(2,3)12-13(20)19(14(22)18-17-12)16-9-10-5-7-11(21-4)8-6-10/h5-9H,1-4H3,(H,18,22)/b16-9+. The summed E-state index contributed by atoms with van der Waals surface area (Å²) in [5.41, 5.74) is 0.499. The second-order valence-corrected chi connectivity index (χ2v) is 6.15. The number of rotatable bonds is 3. The van der Waals surface area contributed by atoms with Gasteiger partial charge in [0, 0.05) is 5.41 Å². The summed E-state index contributed by atoms with van der Waals surface area (Å²) in [6, 6.07) is 7.31.